The molecule has 0 bridgehead atoms. The fourth-order valence-corrected chi connectivity index (χ4v) is 2.71. The number of carbonyl (C=O) groups excluding carboxylic acids is 1. The molecule has 1 aliphatic rings. The lowest BCUT2D eigenvalue weighted by Crippen LogP contribution is -2.34. The van der Waals surface area contributed by atoms with E-state index >= 15 is 0 Å². The molecule has 5 nitrogen and oxygen atoms in total. The van der Waals surface area contributed by atoms with Crippen molar-refractivity contribution < 1.29 is 19.0 Å². The molecular formula is C16H23NO4. The van der Waals surface area contributed by atoms with Gasteiger partial charge in [0.15, 0.2) is 11.5 Å². The fraction of sp³-hybridized carbons (Fsp3) is 0.562. The first kappa shape index (κ1) is 15.6. The maximum Gasteiger partial charge on any atom is 0.341 e. The first-order valence-corrected chi connectivity index (χ1v) is 7.22. The minimum atomic E-state index is -0.412. The molecule has 1 aromatic carbocycles. The summed E-state index contributed by atoms with van der Waals surface area (Å²) in [5.74, 6) is 1.09. The molecule has 0 saturated carbocycles. The molecule has 1 unspecified atom stereocenters. The second kappa shape index (κ2) is 7.31. The summed E-state index contributed by atoms with van der Waals surface area (Å²) in [4.78, 5) is 14.1. The quantitative estimate of drug-likeness (QED) is 0.779. The van der Waals surface area contributed by atoms with E-state index in [0.29, 0.717) is 29.6 Å². The highest BCUT2D eigenvalue weighted by Gasteiger charge is 2.21. The molecule has 5 heteroatoms. The number of benzene rings is 1. The number of methoxy groups -OCH3 is 2. The van der Waals surface area contributed by atoms with E-state index in [9.17, 15) is 4.79 Å². The Morgan fingerprint density at radius 3 is 2.86 bits per heavy atom. The van der Waals surface area contributed by atoms with Crippen molar-refractivity contribution in [2.45, 2.75) is 12.8 Å². The predicted molar refractivity (Wildman–Crippen MR) is 80.0 cm³/mol. The van der Waals surface area contributed by atoms with Crippen molar-refractivity contribution in [3.63, 3.8) is 0 Å². The minimum absolute atomic E-state index is 0.404. The molecule has 21 heavy (non-hydrogen) atoms. The summed E-state index contributed by atoms with van der Waals surface area (Å²) < 4.78 is 16.0. The molecule has 1 aliphatic heterocycles. The first-order valence-electron chi connectivity index (χ1n) is 7.22. The van der Waals surface area contributed by atoms with Crippen LogP contribution in [0, 0.1) is 5.92 Å². The van der Waals surface area contributed by atoms with E-state index in [4.69, 9.17) is 14.2 Å². The Labute approximate surface area is 125 Å². The normalized spacial score (nSPS) is 19.1. The maximum absolute atomic E-state index is 11.8. The Hall–Kier alpha value is -1.75. The lowest BCUT2D eigenvalue weighted by atomic mass is 9.99. The van der Waals surface area contributed by atoms with Gasteiger partial charge in [-0.15, -0.1) is 0 Å². The smallest absolute Gasteiger partial charge is 0.341 e. The van der Waals surface area contributed by atoms with Gasteiger partial charge in [-0.2, -0.15) is 0 Å². The molecular weight excluding hydrogens is 270 g/mol. The van der Waals surface area contributed by atoms with Gasteiger partial charge in [0.05, 0.1) is 20.8 Å². The van der Waals surface area contributed by atoms with E-state index in [1.165, 1.54) is 13.5 Å². The van der Waals surface area contributed by atoms with Crippen LogP contribution < -0.4 is 9.47 Å². The van der Waals surface area contributed by atoms with Gasteiger partial charge >= 0.3 is 5.97 Å². The van der Waals surface area contributed by atoms with Crippen molar-refractivity contribution in [3.05, 3.63) is 23.8 Å². The zero-order chi connectivity index (χ0) is 15.2. The predicted octanol–water partition coefficient (Wildman–Crippen LogP) is 2.20. The second-order valence-electron chi connectivity index (χ2n) is 5.41. The van der Waals surface area contributed by atoms with E-state index < -0.39 is 5.97 Å². The Morgan fingerprint density at radius 1 is 1.38 bits per heavy atom. The Balaban J connectivity index is 2.12. The molecule has 0 spiro atoms. The van der Waals surface area contributed by atoms with Crippen molar-refractivity contribution >= 4 is 5.97 Å². The molecule has 2 rings (SSSR count). The number of piperidine rings is 1. The van der Waals surface area contributed by atoms with Crippen LogP contribution in [0.2, 0.25) is 0 Å². The molecule has 116 valence electrons. The third-order valence-electron chi connectivity index (χ3n) is 3.79. The molecule has 0 aromatic heterocycles. The monoisotopic (exact) mass is 293 g/mol. The van der Waals surface area contributed by atoms with E-state index in [1.807, 2.05) is 0 Å². The zero-order valence-corrected chi connectivity index (χ0v) is 12.9. The van der Waals surface area contributed by atoms with Gasteiger partial charge in [0.1, 0.15) is 5.56 Å². The van der Waals surface area contributed by atoms with E-state index in [2.05, 4.69) is 11.9 Å². The van der Waals surface area contributed by atoms with Gasteiger partial charge in [0.25, 0.3) is 0 Å². The second-order valence-corrected chi connectivity index (χ2v) is 5.41. The Bertz CT molecular complexity index is 489. The average molecular weight is 293 g/mol. The largest absolute Gasteiger partial charge is 0.493 e. The van der Waals surface area contributed by atoms with Gasteiger partial charge in [-0.05, 0) is 38.6 Å². The third kappa shape index (κ3) is 3.88. The summed E-state index contributed by atoms with van der Waals surface area (Å²) in [6.07, 6.45) is 2.33. The number of esters is 1. The topological polar surface area (TPSA) is 48.0 Å². The lowest BCUT2D eigenvalue weighted by molar-refractivity contribution is 0.0592. The number of rotatable bonds is 5. The number of para-hydroxylation sites is 1. The van der Waals surface area contributed by atoms with E-state index in [1.54, 1.807) is 25.3 Å². The molecule has 0 aliphatic carbocycles. The van der Waals surface area contributed by atoms with Crippen LogP contribution in [-0.4, -0.2) is 51.8 Å². The SMILES string of the molecule is COC(=O)c1cccc(OC)c1OCC1CCCN(C)C1. The minimum Gasteiger partial charge on any atom is -0.493 e. The number of ether oxygens (including phenoxy) is 3. The summed E-state index contributed by atoms with van der Waals surface area (Å²) in [6, 6.07) is 5.23. The molecule has 0 radical (unpaired) electrons. The Morgan fingerprint density at radius 2 is 2.19 bits per heavy atom. The van der Waals surface area contributed by atoms with E-state index in [-0.39, 0.29) is 0 Å². The highest BCUT2D eigenvalue weighted by molar-refractivity contribution is 5.93. The fourth-order valence-electron chi connectivity index (χ4n) is 2.71. The number of carbonyl (C=O) groups is 1. The summed E-state index contributed by atoms with van der Waals surface area (Å²) in [7, 11) is 5.05. The van der Waals surface area contributed by atoms with Crippen LogP contribution in [0.1, 0.15) is 23.2 Å². The molecule has 0 N–H and O–H groups in total. The molecule has 1 heterocycles. The van der Waals surface area contributed by atoms with Gasteiger partial charge in [-0.25, -0.2) is 4.79 Å². The van der Waals surface area contributed by atoms with Crippen LogP contribution in [0.3, 0.4) is 0 Å². The summed E-state index contributed by atoms with van der Waals surface area (Å²) >= 11 is 0. The van der Waals surface area contributed by atoms with Crippen LogP contribution >= 0.6 is 0 Å². The third-order valence-corrected chi connectivity index (χ3v) is 3.79. The summed E-state index contributed by atoms with van der Waals surface area (Å²) in [6.45, 7) is 2.73. The van der Waals surface area contributed by atoms with E-state index in [0.717, 1.165) is 19.5 Å². The number of likely N-dealkylation sites (tertiary alicyclic amines) is 1. The zero-order valence-electron chi connectivity index (χ0n) is 12.9. The molecule has 1 aromatic rings. The number of hydrogen-bond donors (Lipinski definition) is 0. The summed E-state index contributed by atoms with van der Waals surface area (Å²) in [5, 5.41) is 0. The molecule has 0 amide bonds. The van der Waals surface area contributed by atoms with Crippen LogP contribution in [-0.2, 0) is 4.74 Å². The highest BCUT2D eigenvalue weighted by atomic mass is 16.5. The standard InChI is InChI=1S/C16H23NO4/c1-17-9-5-6-12(10-17)11-21-15-13(16(18)20-3)7-4-8-14(15)19-2/h4,7-8,12H,5-6,9-11H2,1-3H3. The van der Waals surface area contributed by atoms with Crippen LogP contribution in [0.5, 0.6) is 11.5 Å². The molecule has 1 fully saturated rings. The maximum atomic E-state index is 11.8. The van der Waals surface area contributed by atoms with Gasteiger partial charge < -0.3 is 19.1 Å². The molecule has 1 atom stereocenters. The van der Waals surface area contributed by atoms with Crippen LogP contribution in [0.25, 0.3) is 0 Å². The van der Waals surface area contributed by atoms with Crippen molar-refractivity contribution in [2.75, 3.05) is 41.0 Å². The van der Waals surface area contributed by atoms with Gasteiger partial charge in [-0.1, -0.05) is 6.07 Å². The van der Waals surface area contributed by atoms with Crippen molar-refractivity contribution in [2.24, 2.45) is 5.92 Å². The first-order chi connectivity index (χ1) is 10.2. The van der Waals surface area contributed by atoms with Gasteiger partial charge in [-0.3, -0.25) is 0 Å². The Kier molecular flexibility index (Phi) is 5.44. The molecule has 1 saturated heterocycles. The van der Waals surface area contributed by atoms with Crippen molar-refractivity contribution in [1.29, 1.82) is 0 Å². The van der Waals surface area contributed by atoms with Crippen molar-refractivity contribution in [3.8, 4) is 11.5 Å². The van der Waals surface area contributed by atoms with Gasteiger partial charge in [0.2, 0.25) is 0 Å². The van der Waals surface area contributed by atoms with Gasteiger partial charge in [0, 0.05) is 12.5 Å². The van der Waals surface area contributed by atoms with Crippen molar-refractivity contribution in [1.82, 2.24) is 4.90 Å². The van der Waals surface area contributed by atoms with Crippen LogP contribution in [0.15, 0.2) is 18.2 Å². The average Bonchev–Trinajstić information content (AvgIpc) is 2.51. The number of nitrogens with zero attached hydrogens (tertiary/aromatic N) is 1. The summed E-state index contributed by atoms with van der Waals surface area (Å²) in [5.41, 5.74) is 0.404. The van der Waals surface area contributed by atoms with Crippen LogP contribution in [0.4, 0.5) is 0 Å². The number of hydrogen-bond acceptors (Lipinski definition) is 5. The highest BCUT2D eigenvalue weighted by Crippen LogP contribution is 2.32. The lowest BCUT2D eigenvalue weighted by Gasteiger charge is -2.29.